The molecule has 1 fully saturated rings. The van der Waals surface area contributed by atoms with Gasteiger partial charge in [-0.2, -0.15) is 0 Å². The lowest BCUT2D eigenvalue weighted by Gasteiger charge is -2.23. The predicted molar refractivity (Wildman–Crippen MR) is 67.2 cm³/mol. The molecule has 90 valence electrons. The summed E-state index contributed by atoms with van der Waals surface area (Å²) in [6.45, 7) is 9.39. The van der Waals surface area contributed by atoms with Gasteiger partial charge in [0.05, 0.1) is 0 Å². The van der Waals surface area contributed by atoms with Crippen LogP contribution in [0.1, 0.15) is 46.5 Å². The molecule has 1 aliphatic rings. The summed E-state index contributed by atoms with van der Waals surface area (Å²) in [5, 5.41) is 3.65. The second kappa shape index (κ2) is 6.49. The van der Waals surface area contributed by atoms with Gasteiger partial charge in [0.15, 0.2) is 0 Å². The minimum absolute atomic E-state index is 0.668. The molecule has 0 radical (unpaired) electrons. The molecule has 1 rings (SSSR count). The summed E-state index contributed by atoms with van der Waals surface area (Å²) in [4.78, 5) is 2.51. The van der Waals surface area contributed by atoms with E-state index in [1.807, 2.05) is 0 Å². The Morgan fingerprint density at radius 1 is 1.40 bits per heavy atom. The first-order chi connectivity index (χ1) is 7.15. The Kier molecular flexibility index (Phi) is 5.62. The highest BCUT2D eigenvalue weighted by Gasteiger charge is 2.20. The first-order valence-corrected chi connectivity index (χ1v) is 6.58. The maximum atomic E-state index is 3.65. The molecule has 0 aromatic heterocycles. The van der Waals surface area contributed by atoms with Gasteiger partial charge >= 0.3 is 0 Å². The van der Waals surface area contributed by atoms with Gasteiger partial charge in [-0.3, -0.25) is 0 Å². The molecule has 1 aliphatic heterocycles. The molecular formula is C13H28N2. The lowest BCUT2D eigenvalue weighted by atomic mass is 10.0. The molecule has 1 saturated heterocycles. The van der Waals surface area contributed by atoms with Crippen molar-refractivity contribution in [1.29, 1.82) is 0 Å². The Balaban J connectivity index is 2.10. The van der Waals surface area contributed by atoms with Crippen LogP contribution in [-0.4, -0.2) is 37.1 Å². The van der Waals surface area contributed by atoms with Gasteiger partial charge in [-0.1, -0.05) is 20.3 Å². The molecule has 2 heteroatoms. The van der Waals surface area contributed by atoms with E-state index in [2.05, 4.69) is 38.0 Å². The van der Waals surface area contributed by atoms with Crippen molar-refractivity contribution in [2.45, 2.75) is 58.5 Å². The van der Waals surface area contributed by atoms with Crippen molar-refractivity contribution in [1.82, 2.24) is 10.2 Å². The van der Waals surface area contributed by atoms with Crippen molar-refractivity contribution in [3.63, 3.8) is 0 Å². The van der Waals surface area contributed by atoms with Crippen LogP contribution < -0.4 is 5.32 Å². The van der Waals surface area contributed by atoms with E-state index in [4.69, 9.17) is 0 Å². The van der Waals surface area contributed by atoms with Gasteiger partial charge in [0.25, 0.3) is 0 Å². The molecule has 0 saturated carbocycles. The summed E-state index contributed by atoms with van der Waals surface area (Å²) in [7, 11) is 2.26. The third kappa shape index (κ3) is 4.12. The van der Waals surface area contributed by atoms with E-state index in [1.165, 1.54) is 38.8 Å². The van der Waals surface area contributed by atoms with Gasteiger partial charge in [0.2, 0.25) is 0 Å². The van der Waals surface area contributed by atoms with Gasteiger partial charge in [-0.15, -0.1) is 0 Å². The topological polar surface area (TPSA) is 15.3 Å². The number of nitrogens with one attached hydrogen (secondary N) is 1. The van der Waals surface area contributed by atoms with Crippen LogP contribution in [0.3, 0.4) is 0 Å². The molecule has 0 unspecified atom stereocenters. The standard InChI is InChI=1S/C13H28N2/c1-5-11(2)12(3)14-9-8-13-7-6-10-15(13)4/h11-14H,5-10H2,1-4H3/t11-,12+,13+/m0/s1. The van der Waals surface area contributed by atoms with Crippen LogP contribution in [0.25, 0.3) is 0 Å². The largest absolute Gasteiger partial charge is 0.314 e. The van der Waals surface area contributed by atoms with Crippen LogP contribution >= 0.6 is 0 Å². The van der Waals surface area contributed by atoms with Crippen LogP contribution in [-0.2, 0) is 0 Å². The minimum Gasteiger partial charge on any atom is -0.314 e. The number of rotatable bonds is 6. The van der Waals surface area contributed by atoms with Gasteiger partial charge in [-0.05, 0) is 52.2 Å². The van der Waals surface area contributed by atoms with Crippen LogP contribution in [0.4, 0.5) is 0 Å². The third-order valence-corrected chi connectivity index (χ3v) is 4.11. The highest BCUT2D eigenvalue weighted by atomic mass is 15.1. The monoisotopic (exact) mass is 212 g/mol. The Bertz CT molecular complexity index is 170. The molecule has 1 heterocycles. The molecule has 2 nitrogen and oxygen atoms in total. The zero-order valence-electron chi connectivity index (χ0n) is 10.9. The van der Waals surface area contributed by atoms with Crippen molar-refractivity contribution in [2.75, 3.05) is 20.1 Å². The molecule has 15 heavy (non-hydrogen) atoms. The van der Waals surface area contributed by atoms with E-state index in [9.17, 15) is 0 Å². The van der Waals surface area contributed by atoms with Crippen LogP contribution in [0.2, 0.25) is 0 Å². The van der Waals surface area contributed by atoms with Crippen molar-refractivity contribution in [2.24, 2.45) is 5.92 Å². The van der Waals surface area contributed by atoms with Crippen molar-refractivity contribution in [3.8, 4) is 0 Å². The summed E-state index contributed by atoms with van der Waals surface area (Å²) >= 11 is 0. The second-order valence-electron chi connectivity index (χ2n) is 5.19. The fourth-order valence-corrected chi connectivity index (χ4v) is 2.38. The average Bonchev–Trinajstić information content (AvgIpc) is 2.63. The summed E-state index contributed by atoms with van der Waals surface area (Å²) in [6, 6.07) is 1.50. The molecule has 0 aromatic carbocycles. The first kappa shape index (κ1) is 13.0. The molecule has 3 atom stereocenters. The molecule has 0 bridgehead atoms. The fraction of sp³-hybridized carbons (Fsp3) is 1.00. The molecular weight excluding hydrogens is 184 g/mol. The van der Waals surface area contributed by atoms with Crippen LogP contribution in [0.5, 0.6) is 0 Å². The van der Waals surface area contributed by atoms with Crippen molar-refractivity contribution >= 4 is 0 Å². The summed E-state index contributed by atoms with van der Waals surface area (Å²) in [6.07, 6.45) is 5.38. The summed E-state index contributed by atoms with van der Waals surface area (Å²) < 4.78 is 0. The van der Waals surface area contributed by atoms with E-state index in [1.54, 1.807) is 0 Å². The fourth-order valence-electron chi connectivity index (χ4n) is 2.38. The van der Waals surface area contributed by atoms with Crippen LogP contribution in [0.15, 0.2) is 0 Å². The van der Waals surface area contributed by atoms with Gasteiger partial charge in [0.1, 0.15) is 0 Å². The Hall–Kier alpha value is -0.0800. The van der Waals surface area contributed by atoms with Gasteiger partial charge in [0, 0.05) is 12.1 Å². The Labute approximate surface area is 95.4 Å². The smallest absolute Gasteiger partial charge is 0.0105 e. The maximum absolute atomic E-state index is 3.65. The first-order valence-electron chi connectivity index (χ1n) is 6.58. The molecule has 0 spiro atoms. The maximum Gasteiger partial charge on any atom is 0.0105 e. The highest BCUT2D eigenvalue weighted by Crippen LogP contribution is 2.17. The van der Waals surface area contributed by atoms with Gasteiger partial charge < -0.3 is 10.2 Å². The Morgan fingerprint density at radius 2 is 2.13 bits per heavy atom. The normalized spacial score (nSPS) is 26.8. The third-order valence-electron chi connectivity index (χ3n) is 4.11. The number of nitrogens with zero attached hydrogens (tertiary/aromatic N) is 1. The number of hydrogen-bond donors (Lipinski definition) is 1. The van der Waals surface area contributed by atoms with Crippen molar-refractivity contribution < 1.29 is 0 Å². The van der Waals surface area contributed by atoms with E-state index in [0.717, 1.165) is 12.0 Å². The van der Waals surface area contributed by atoms with Crippen molar-refractivity contribution in [3.05, 3.63) is 0 Å². The summed E-state index contributed by atoms with van der Waals surface area (Å²) in [5.74, 6) is 0.798. The lowest BCUT2D eigenvalue weighted by molar-refractivity contribution is 0.284. The average molecular weight is 212 g/mol. The zero-order chi connectivity index (χ0) is 11.3. The number of hydrogen-bond acceptors (Lipinski definition) is 2. The molecule has 0 amide bonds. The lowest BCUT2D eigenvalue weighted by Crippen LogP contribution is -2.35. The predicted octanol–water partition coefficient (Wildman–Crippen LogP) is 2.49. The van der Waals surface area contributed by atoms with Gasteiger partial charge in [-0.25, -0.2) is 0 Å². The van der Waals surface area contributed by atoms with E-state index in [0.29, 0.717) is 6.04 Å². The minimum atomic E-state index is 0.668. The molecule has 0 aromatic rings. The molecule has 0 aliphatic carbocycles. The molecule has 1 N–H and O–H groups in total. The number of likely N-dealkylation sites (tertiary alicyclic amines) is 1. The SMILES string of the molecule is CC[C@H](C)[C@@H](C)NCC[C@H]1CCCN1C. The zero-order valence-corrected chi connectivity index (χ0v) is 10.9. The van der Waals surface area contributed by atoms with E-state index in [-0.39, 0.29) is 0 Å². The van der Waals surface area contributed by atoms with E-state index < -0.39 is 0 Å². The summed E-state index contributed by atoms with van der Waals surface area (Å²) in [5.41, 5.74) is 0. The second-order valence-corrected chi connectivity index (χ2v) is 5.19. The highest BCUT2D eigenvalue weighted by molar-refractivity contribution is 4.77. The van der Waals surface area contributed by atoms with E-state index >= 15 is 0 Å². The Morgan fingerprint density at radius 3 is 2.67 bits per heavy atom. The quantitative estimate of drug-likeness (QED) is 0.728. The van der Waals surface area contributed by atoms with Crippen LogP contribution in [0, 0.1) is 5.92 Å².